The van der Waals surface area contributed by atoms with Crippen molar-refractivity contribution in [2.24, 2.45) is 0 Å². The number of carbonyl (C=O) groups excluding carboxylic acids is 2. The number of benzene rings is 2. The molecule has 1 unspecified atom stereocenters. The predicted molar refractivity (Wildman–Crippen MR) is 126 cm³/mol. The third-order valence-electron chi connectivity index (χ3n) is 6.58. The Hall–Kier alpha value is -2.78. The van der Waals surface area contributed by atoms with Gasteiger partial charge in [0.25, 0.3) is 0 Å². The van der Waals surface area contributed by atoms with E-state index in [9.17, 15) is 22.4 Å². The number of hydrogen-bond donors (Lipinski definition) is 0. The van der Waals surface area contributed by atoms with Crippen LogP contribution in [0, 0.1) is 5.82 Å². The molecule has 182 valence electrons. The fourth-order valence-corrected chi connectivity index (χ4v) is 6.19. The number of rotatable bonds is 7. The highest BCUT2D eigenvalue weighted by atomic mass is 32.2. The Bertz CT molecular complexity index is 1120. The van der Waals surface area contributed by atoms with E-state index in [1.807, 2.05) is 11.0 Å². The van der Waals surface area contributed by atoms with Crippen molar-refractivity contribution in [3.8, 4) is 0 Å². The topological polar surface area (TPSA) is 78.0 Å². The second-order valence-corrected chi connectivity index (χ2v) is 10.8. The molecule has 0 N–H and O–H groups in total. The standard InChI is InChI=1S/C25H30FN3O4S/c26-21-7-4-6-20(18-21)19-22-8-5-13-29(22)25(31)12-11-24(30)27-14-16-28(17-15-27)34(32,33)23-9-2-1-3-10-23/h1-4,6-7,9-10,18,22H,5,8,11-17,19H2. The van der Waals surface area contributed by atoms with E-state index in [2.05, 4.69) is 0 Å². The van der Waals surface area contributed by atoms with Gasteiger partial charge in [-0.2, -0.15) is 4.31 Å². The van der Waals surface area contributed by atoms with Gasteiger partial charge in [-0.05, 0) is 49.1 Å². The van der Waals surface area contributed by atoms with Crippen molar-refractivity contribution >= 4 is 21.8 Å². The van der Waals surface area contributed by atoms with Crippen LogP contribution in [-0.4, -0.2) is 73.1 Å². The fourth-order valence-electron chi connectivity index (χ4n) is 4.75. The maximum Gasteiger partial charge on any atom is 0.243 e. The molecule has 2 aromatic carbocycles. The smallest absolute Gasteiger partial charge is 0.243 e. The Morgan fingerprint density at radius 2 is 1.59 bits per heavy atom. The van der Waals surface area contributed by atoms with Gasteiger partial charge in [-0.1, -0.05) is 30.3 Å². The molecule has 2 amide bonds. The lowest BCUT2D eigenvalue weighted by Crippen LogP contribution is -2.50. The van der Waals surface area contributed by atoms with Gasteiger partial charge >= 0.3 is 0 Å². The summed E-state index contributed by atoms with van der Waals surface area (Å²) in [6, 6.07) is 14.8. The van der Waals surface area contributed by atoms with E-state index in [1.165, 1.54) is 16.4 Å². The summed E-state index contributed by atoms with van der Waals surface area (Å²) in [4.78, 5) is 29.2. The van der Waals surface area contributed by atoms with Gasteiger partial charge in [0.05, 0.1) is 4.90 Å². The summed E-state index contributed by atoms with van der Waals surface area (Å²) < 4.78 is 40.4. The molecule has 2 aromatic rings. The molecule has 4 rings (SSSR count). The van der Waals surface area contributed by atoms with Crippen LogP contribution in [0.15, 0.2) is 59.5 Å². The third kappa shape index (κ3) is 5.64. The van der Waals surface area contributed by atoms with Crippen LogP contribution in [0.2, 0.25) is 0 Å². The molecular weight excluding hydrogens is 457 g/mol. The maximum atomic E-state index is 13.5. The quantitative estimate of drug-likeness (QED) is 0.602. The Balaban J connectivity index is 1.26. The van der Waals surface area contributed by atoms with Crippen molar-refractivity contribution in [3.05, 3.63) is 66.0 Å². The average molecular weight is 488 g/mol. The molecule has 0 bridgehead atoms. The first-order chi connectivity index (χ1) is 16.3. The lowest BCUT2D eigenvalue weighted by atomic mass is 10.0. The summed E-state index contributed by atoms with van der Waals surface area (Å²) in [5.41, 5.74) is 0.865. The lowest BCUT2D eigenvalue weighted by Gasteiger charge is -2.34. The SMILES string of the molecule is O=C(CCC(=O)N1CCCC1Cc1cccc(F)c1)N1CCN(S(=O)(=O)c2ccccc2)CC1. The molecule has 2 saturated heterocycles. The normalized spacial score (nSPS) is 19.4. The van der Waals surface area contributed by atoms with E-state index in [0.29, 0.717) is 26.1 Å². The largest absolute Gasteiger partial charge is 0.340 e. The highest BCUT2D eigenvalue weighted by Crippen LogP contribution is 2.23. The molecule has 0 saturated carbocycles. The van der Waals surface area contributed by atoms with Gasteiger partial charge in [0.2, 0.25) is 21.8 Å². The Morgan fingerprint density at radius 3 is 2.29 bits per heavy atom. The Kier molecular flexibility index (Phi) is 7.63. The number of nitrogens with zero attached hydrogens (tertiary/aromatic N) is 3. The van der Waals surface area contributed by atoms with E-state index in [1.54, 1.807) is 41.3 Å². The van der Waals surface area contributed by atoms with Crippen LogP contribution in [0.25, 0.3) is 0 Å². The molecule has 0 spiro atoms. The van der Waals surface area contributed by atoms with Crippen LogP contribution in [0.4, 0.5) is 4.39 Å². The highest BCUT2D eigenvalue weighted by molar-refractivity contribution is 7.89. The van der Waals surface area contributed by atoms with E-state index < -0.39 is 10.0 Å². The minimum Gasteiger partial charge on any atom is -0.340 e. The van der Waals surface area contributed by atoms with Gasteiger partial charge in [0.1, 0.15) is 5.82 Å². The number of hydrogen-bond acceptors (Lipinski definition) is 4. The number of halogens is 1. The van der Waals surface area contributed by atoms with Gasteiger partial charge in [0.15, 0.2) is 0 Å². The van der Waals surface area contributed by atoms with Crippen molar-refractivity contribution in [1.29, 1.82) is 0 Å². The van der Waals surface area contributed by atoms with Crippen LogP contribution in [-0.2, 0) is 26.0 Å². The molecule has 2 aliphatic rings. The van der Waals surface area contributed by atoms with Gasteiger partial charge in [-0.25, -0.2) is 12.8 Å². The zero-order valence-corrected chi connectivity index (χ0v) is 19.9. The van der Waals surface area contributed by atoms with Crippen molar-refractivity contribution in [2.45, 2.75) is 43.0 Å². The lowest BCUT2D eigenvalue weighted by molar-refractivity contribution is -0.138. The molecule has 1 atom stereocenters. The maximum absolute atomic E-state index is 13.5. The minimum absolute atomic E-state index is 0.0242. The zero-order valence-electron chi connectivity index (χ0n) is 19.1. The van der Waals surface area contributed by atoms with Crippen molar-refractivity contribution < 1.29 is 22.4 Å². The van der Waals surface area contributed by atoms with Crippen molar-refractivity contribution in [1.82, 2.24) is 14.1 Å². The first kappa shape index (κ1) is 24.3. The van der Waals surface area contributed by atoms with Crippen LogP contribution in [0.3, 0.4) is 0 Å². The summed E-state index contributed by atoms with van der Waals surface area (Å²) >= 11 is 0. The molecule has 7 nitrogen and oxygen atoms in total. The molecule has 34 heavy (non-hydrogen) atoms. The predicted octanol–water partition coefficient (Wildman–Crippen LogP) is 2.67. The molecule has 2 aliphatic heterocycles. The Morgan fingerprint density at radius 1 is 0.882 bits per heavy atom. The van der Waals surface area contributed by atoms with E-state index in [4.69, 9.17) is 0 Å². The van der Waals surface area contributed by atoms with Gasteiger partial charge in [-0.3, -0.25) is 9.59 Å². The second-order valence-electron chi connectivity index (χ2n) is 8.82. The summed E-state index contributed by atoms with van der Waals surface area (Å²) in [5.74, 6) is -0.473. The van der Waals surface area contributed by atoms with Crippen LogP contribution < -0.4 is 0 Å². The van der Waals surface area contributed by atoms with Crippen LogP contribution in [0.1, 0.15) is 31.2 Å². The molecule has 0 aromatic heterocycles. The van der Waals surface area contributed by atoms with Crippen molar-refractivity contribution in [3.63, 3.8) is 0 Å². The fraction of sp³-hybridized carbons (Fsp3) is 0.440. The number of carbonyl (C=O) groups is 2. The number of piperazine rings is 1. The third-order valence-corrected chi connectivity index (χ3v) is 8.50. The molecule has 2 heterocycles. The molecule has 0 radical (unpaired) electrons. The van der Waals surface area contributed by atoms with E-state index >= 15 is 0 Å². The number of amides is 2. The van der Waals surface area contributed by atoms with Gasteiger partial charge in [-0.15, -0.1) is 0 Å². The minimum atomic E-state index is -3.57. The molecule has 2 fully saturated rings. The van der Waals surface area contributed by atoms with E-state index in [-0.39, 0.29) is 54.5 Å². The first-order valence-corrected chi connectivity index (χ1v) is 13.2. The van der Waals surface area contributed by atoms with E-state index in [0.717, 1.165) is 18.4 Å². The average Bonchev–Trinajstić information content (AvgIpc) is 3.31. The van der Waals surface area contributed by atoms with Crippen LogP contribution >= 0.6 is 0 Å². The first-order valence-electron chi connectivity index (χ1n) is 11.7. The van der Waals surface area contributed by atoms with Gasteiger partial charge in [0, 0.05) is 51.6 Å². The van der Waals surface area contributed by atoms with Crippen molar-refractivity contribution in [2.75, 3.05) is 32.7 Å². The molecular formula is C25H30FN3O4S. The monoisotopic (exact) mass is 487 g/mol. The summed E-state index contributed by atoms with van der Waals surface area (Å²) in [6.07, 6.45) is 2.61. The Labute approximate surface area is 200 Å². The van der Waals surface area contributed by atoms with Gasteiger partial charge < -0.3 is 9.80 Å². The molecule has 0 aliphatic carbocycles. The number of likely N-dealkylation sites (tertiary alicyclic amines) is 1. The summed E-state index contributed by atoms with van der Waals surface area (Å²) in [5, 5.41) is 0. The number of sulfonamides is 1. The van der Waals surface area contributed by atoms with Crippen LogP contribution in [0.5, 0.6) is 0 Å². The summed E-state index contributed by atoms with van der Waals surface area (Å²) in [6.45, 7) is 1.75. The highest BCUT2D eigenvalue weighted by Gasteiger charge is 2.32. The second kappa shape index (κ2) is 10.7. The summed E-state index contributed by atoms with van der Waals surface area (Å²) in [7, 11) is -3.57. The zero-order chi connectivity index (χ0) is 24.1. The molecule has 9 heteroatoms.